The Hall–Kier alpha value is -2.07. The van der Waals surface area contributed by atoms with Gasteiger partial charge in [0.2, 0.25) is 0 Å². The molecule has 0 spiro atoms. The highest BCUT2D eigenvalue weighted by Crippen LogP contribution is 2.26. The van der Waals surface area contributed by atoms with Crippen LogP contribution in [0.3, 0.4) is 0 Å². The fraction of sp³-hybridized carbons (Fsp3) is 0. The first kappa shape index (κ1) is 12.0. The SMILES string of the molecule is Nc1cc(Br)cc(-c2ncc(-c3ccccc3)[nH]2)c1. The first-order valence-corrected chi connectivity index (χ1v) is 6.68. The van der Waals surface area contributed by atoms with Crippen molar-refractivity contribution in [1.82, 2.24) is 9.97 Å². The van der Waals surface area contributed by atoms with Crippen LogP contribution in [0.4, 0.5) is 5.69 Å². The summed E-state index contributed by atoms with van der Waals surface area (Å²) in [5, 5.41) is 0. The Morgan fingerprint density at radius 1 is 1.00 bits per heavy atom. The van der Waals surface area contributed by atoms with Crippen LogP contribution in [0.15, 0.2) is 59.2 Å². The maximum absolute atomic E-state index is 5.84. The van der Waals surface area contributed by atoms with Crippen LogP contribution in [0, 0.1) is 0 Å². The van der Waals surface area contributed by atoms with Gasteiger partial charge in [-0.2, -0.15) is 0 Å². The number of anilines is 1. The molecule has 94 valence electrons. The normalized spacial score (nSPS) is 10.6. The Morgan fingerprint density at radius 3 is 2.53 bits per heavy atom. The minimum Gasteiger partial charge on any atom is -0.399 e. The van der Waals surface area contributed by atoms with Crippen molar-refractivity contribution in [2.45, 2.75) is 0 Å². The molecule has 0 saturated carbocycles. The number of halogens is 1. The molecule has 0 atom stereocenters. The highest BCUT2D eigenvalue weighted by atomic mass is 79.9. The molecule has 0 bridgehead atoms. The highest BCUT2D eigenvalue weighted by Gasteiger charge is 2.06. The number of rotatable bonds is 2. The van der Waals surface area contributed by atoms with Gasteiger partial charge in [-0.05, 0) is 23.8 Å². The zero-order chi connectivity index (χ0) is 13.2. The smallest absolute Gasteiger partial charge is 0.137 e. The van der Waals surface area contributed by atoms with Crippen LogP contribution >= 0.6 is 15.9 Å². The molecule has 0 unspecified atom stereocenters. The lowest BCUT2D eigenvalue weighted by atomic mass is 10.2. The van der Waals surface area contributed by atoms with Gasteiger partial charge in [0.05, 0.1) is 11.9 Å². The summed E-state index contributed by atoms with van der Waals surface area (Å²) in [6, 6.07) is 15.9. The summed E-state index contributed by atoms with van der Waals surface area (Å²) in [6.45, 7) is 0. The Labute approximate surface area is 119 Å². The van der Waals surface area contributed by atoms with E-state index in [1.54, 1.807) is 0 Å². The quantitative estimate of drug-likeness (QED) is 0.700. The van der Waals surface area contributed by atoms with E-state index in [0.717, 1.165) is 27.1 Å². The van der Waals surface area contributed by atoms with Crippen molar-refractivity contribution >= 4 is 21.6 Å². The van der Waals surface area contributed by atoms with Crippen molar-refractivity contribution in [2.24, 2.45) is 0 Å². The lowest BCUT2D eigenvalue weighted by Crippen LogP contribution is -1.87. The van der Waals surface area contributed by atoms with Gasteiger partial charge in [0.25, 0.3) is 0 Å². The van der Waals surface area contributed by atoms with Crippen LogP contribution in [0.1, 0.15) is 0 Å². The lowest BCUT2D eigenvalue weighted by Gasteiger charge is -2.01. The van der Waals surface area contributed by atoms with E-state index in [9.17, 15) is 0 Å². The van der Waals surface area contributed by atoms with Crippen LogP contribution in [0.25, 0.3) is 22.6 Å². The second-order valence-corrected chi connectivity index (χ2v) is 5.20. The predicted molar refractivity (Wildman–Crippen MR) is 81.6 cm³/mol. The maximum atomic E-state index is 5.84. The third kappa shape index (κ3) is 2.53. The van der Waals surface area contributed by atoms with Crippen molar-refractivity contribution < 1.29 is 0 Å². The molecular formula is C15H12BrN3. The fourth-order valence-corrected chi connectivity index (χ4v) is 2.49. The third-order valence-corrected chi connectivity index (χ3v) is 3.31. The molecule has 3 aromatic rings. The second-order valence-electron chi connectivity index (χ2n) is 4.28. The molecule has 0 aliphatic rings. The molecule has 19 heavy (non-hydrogen) atoms. The van der Waals surface area contributed by atoms with Gasteiger partial charge in [0.15, 0.2) is 0 Å². The predicted octanol–water partition coefficient (Wildman–Crippen LogP) is 4.09. The van der Waals surface area contributed by atoms with Gasteiger partial charge >= 0.3 is 0 Å². The van der Waals surface area contributed by atoms with Crippen molar-refractivity contribution in [3.8, 4) is 22.6 Å². The van der Waals surface area contributed by atoms with E-state index in [4.69, 9.17) is 5.73 Å². The van der Waals surface area contributed by atoms with Crippen LogP contribution < -0.4 is 5.73 Å². The van der Waals surface area contributed by atoms with Crippen LogP contribution in [-0.2, 0) is 0 Å². The van der Waals surface area contributed by atoms with E-state index in [2.05, 4.69) is 25.9 Å². The molecule has 0 aliphatic heterocycles. The van der Waals surface area contributed by atoms with Crippen molar-refractivity contribution in [3.05, 3.63) is 59.2 Å². The summed E-state index contributed by atoms with van der Waals surface area (Å²) in [5.41, 5.74) is 9.63. The number of aromatic nitrogens is 2. The first-order chi connectivity index (χ1) is 9.22. The zero-order valence-electron chi connectivity index (χ0n) is 10.1. The zero-order valence-corrected chi connectivity index (χ0v) is 11.7. The van der Waals surface area contributed by atoms with Gasteiger partial charge in [-0.1, -0.05) is 46.3 Å². The van der Waals surface area contributed by atoms with Gasteiger partial charge in [0.1, 0.15) is 5.82 Å². The summed E-state index contributed by atoms with van der Waals surface area (Å²) in [5.74, 6) is 0.812. The van der Waals surface area contributed by atoms with Gasteiger partial charge < -0.3 is 10.7 Å². The van der Waals surface area contributed by atoms with Gasteiger partial charge in [0, 0.05) is 15.7 Å². The topological polar surface area (TPSA) is 54.7 Å². The molecule has 0 saturated heterocycles. The van der Waals surface area contributed by atoms with E-state index < -0.39 is 0 Å². The summed E-state index contributed by atoms with van der Waals surface area (Å²) in [4.78, 5) is 7.73. The van der Waals surface area contributed by atoms with E-state index in [1.807, 2.05) is 54.7 Å². The summed E-state index contributed by atoms with van der Waals surface area (Å²) in [6.07, 6.45) is 1.84. The molecule has 3 nitrogen and oxygen atoms in total. The van der Waals surface area contributed by atoms with Gasteiger partial charge in [-0.25, -0.2) is 4.98 Å². The third-order valence-electron chi connectivity index (χ3n) is 2.85. The molecular weight excluding hydrogens is 302 g/mol. The molecule has 4 heteroatoms. The summed E-state index contributed by atoms with van der Waals surface area (Å²) < 4.78 is 0.945. The number of nitrogen functional groups attached to an aromatic ring is 1. The maximum Gasteiger partial charge on any atom is 0.137 e. The lowest BCUT2D eigenvalue weighted by molar-refractivity contribution is 1.31. The molecule has 3 N–H and O–H groups in total. The van der Waals surface area contributed by atoms with E-state index in [1.165, 1.54) is 0 Å². The Morgan fingerprint density at radius 2 is 1.79 bits per heavy atom. The Kier molecular flexibility index (Phi) is 3.09. The number of nitrogens with zero attached hydrogens (tertiary/aromatic N) is 1. The number of aromatic amines is 1. The molecule has 1 heterocycles. The molecule has 3 rings (SSSR count). The number of hydrogen-bond donors (Lipinski definition) is 2. The number of benzene rings is 2. The minimum atomic E-state index is 0.710. The number of nitrogens with two attached hydrogens (primary N) is 1. The second kappa shape index (κ2) is 4.90. The average Bonchev–Trinajstić information content (AvgIpc) is 2.88. The highest BCUT2D eigenvalue weighted by molar-refractivity contribution is 9.10. The molecule has 0 amide bonds. The molecule has 0 aliphatic carbocycles. The van der Waals surface area contributed by atoms with Crippen LogP contribution in [0.2, 0.25) is 0 Å². The number of H-pyrrole nitrogens is 1. The van der Waals surface area contributed by atoms with E-state index in [-0.39, 0.29) is 0 Å². The summed E-state index contributed by atoms with van der Waals surface area (Å²) >= 11 is 3.44. The molecule has 1 aromatic heterocycles. The largest absolute Gasteiger partial charge is 0.399 e. The number of hydrogen-bond acceptors (Lipinski definition) is 2. The van der Waals surface area contributed by atoms with E-state index in [0.29, 0.717) is 5.69 Å². The summed E-state index contributed by atoms with van der Waals surface area (Å²) in [7, 11) is 0. The first-order valence-electron chi connectivity index (χ1n) is 5.89. The Bertz CT molecular complexity index is 684. The van der Waals surface area contributed by atoms with Gasteiger partial charge in [-0.15, -0.1) is 0 Å². The van der Waals surface area contributed by atoms with Crippen molar-refractivity contribution in [3.63, 3.8) is 0 Å². The van der Waals surface area contributed by atoms with E-state index >= 15 is 0 Å². The molecule has 2 aromatic carbocycles. The average molecular weight is 314 g/mol. The number of nitrogens with one attached hydrogen (secondary N) is 1. The molecule has 0 radical (unpaired) electrons. The van der Waals surface area contributed by atoms with Crippen LogP contribution in [-0.4, -0.2) is 9.97 Å². The van der Waals surface area contributed by atoms with Crippen molar-refractivity contribution in [2.75, 3.05) is 5.73 Å². The monoisotopic (exact) mass is 313 g/mol. The molecule has 0 fully saturated rings. The fourth-order valence-electron chi connectivity index (χ4n) is 1.98. The van der Waals surface area contributed by atoms with Crippen molar-refractivity contribution in [1.29, 1.82) is 0 Å². The Balaban J connectivity index is 2.02. The van der Waals surface area contributed by atoms with Crippen LogP contribution in [0.5, 0.6) is 0 Å². The van der Waals surface area contributed by atoms with Gasteiger partial charge in [-0.3, -0.25) is 0 Å². The standard InChI is InChI=1S/C15H12BrN3/c16-12-6-11(7-13(17)8-12)15-18-9-14(19-15)10-4-2-1-3-5-10/h1-9H,17H2,(H,18,19). The number of imidazole rings is 1. The minimum absolute atomic E-state index is 0.710.